The summed E-state index contributed by atoms with van der Waals surface area (Å²) in [7, 11) is -1.86. The third-order valence-electron chi connectivity index (χ3n) is 22.5. The van der Waals surface area contributed by atoms with Gasteiger partial charge in [-0.1, -0.05) is 225 Å². The van der Waals surface area contributed by atoms with E-state index in [2.05, 4.69) is 62.5 Å². The van der Waals surface area contributed by atoms with Crippen molar-refractivity contribution >= 4 is 91.7 Å². The molecule has 0 saturated carbocycles. The number of rotatable bonds is 27. The van der Waals surface area contributed by atoms with E-state index in [1.165, 1.54) is 29.7 Å². The third kappa shape index (κ3) is 33.8. The van der Waals surface area contributed by atoms with Crippen LogP contribution in [0.2, 0.25) is 0 Å². The Morgan fingerprint density at radius 1 is 0.427 bits per heavy atom. The number of carbonyl (C=O) groups is 11. The average molecular weight is 1970 g/mol. The molecule has 10 aromatic carbocycles. The maximum Gasteiger partial charge on any atom is 0.315 e. The van der Waals surface area contributed by atoms with Gasteiger partial charge in [0.25, 0.3) is 47.3 Å². The van der Waals surface area contributed by atoms with Gasteiger partial charge in [0.1, 0.15) is 11.3 Å². The van der Waals surface area contributed by atoms with Crippen LogP contribution in [0.1, 0.15) is 284 Å². The van der Waals surface area contributed by atoms with Crippen molar-refractivity contribution in [3.63, 3.8) is 0 Å². The summed E-state index contributed by atoms with van der Waals surface area (Å²) < 4.78 is 34.2. The number of urea groups is 2. The second-order valence-corrected chi connectivity index (χ2v) is 38.6. The molecule has 0 radical (unpaired) electrons. The summed E-state index contributed by atoms with van der Waals surface area (Å²) in [6.07, 6.45) is 3.81. The highest BCUT2D eigenvalue weighted by molar-refractivity contribution is 7.89. The van der Waals surface area contributed by atoms with E-state index in [1.807, 2.05) is 155 Å². The maximum absolute atomic E-state index is 13.0. The molecule has 35 nitrogen and oxygen atoms in total. The van der Waals surface area contributed by atoms with Crippen molar-refractivity contribution in [2.24, 2.45) is 17.9 Å². The second kappa shape index (κ2) is 52.5. The summed E-state index contributed by atoms with van der Waals surface area (Å²) in [4.78, 5) is 130. The summed E-state index contributed by atoms with van der Waals surface area (Å²) in [6, 6.07) is 73.1. The quantitative estimate of drug-likeness (QED) is 0.0129. The van der Waals surface area contributed by atoms with Gasteiger partial charge in [-0.15, -0.1) is 0 Å². The molecule has 1 aliphatic rings. The van der Waals surface area contributed by atoms with Crippen molar-refractivity contribution in [3.8, 4) is 0 Å². The van der Waals surface area contributed by atoms with Crippen molar-refractivity contribution in [2.75, 3.05) is 0 Å². The van der Waals surface area contributed by atoms with Crippen molar-refractivity contribution in [2.45, 2.75) is 176 Å². The van der Waals surface area contributed by atoms with E-state index in [4.69, 9.17) is 35.7 Å². The van der Waals surface area contributed by atoms with Gasteiger partial charge in [0.05, 0.1) is 34.8 Å². The molecule has 2 heterocycles. The summed E-state index contributed by atoms with van der Waals surface area (Å²) in [5.41, 5.74) is 22.9. The number of nitrogens with zero attached hydrogens (tertiary/aromatic N) is 2. The van der Waals surface area contributed by atoms with Crippen LogP contribution >= 0.6 is 0 Å². The first kappa shape index (κ1) is 113. The highest BCUT2D eigenvalue weighted by atomic mass is 32.2. The Balaban J connectivity index is 0.000000210. The Kier molecular flexibility index (Phi) is 41.4. The fraction of sp³-hybridized carbons (Fsp3) is 0.271. The molecule has 0 aliphatic heterocycles. The first-order valence-corrected chi connectivity index (χ1v) is 47.2. The predicted octanol–water partition coefficient (Wildman–Crippen LogP) is 16.7. The molecule has 36 heteroatoms. The number of hydrogen-bond donors (Lipinski definition) is 19. The summed E-state index contributed by atoms with van der Waals surface area (Å²) >= 11 is 0. The molecular weight excluding hydrogens is 1850 g/mol. The third-order valence-corrected chi connectivity index (χ3v) is 24.1. The minimum Gasteiger partial charge on any atom is -0.453 e. The molecule has 1 aliphatic carbocycles. The zero-order valence-electron chi connectivity index (χ0n) is 82.4. The highest BCUT2D eigenvalue weighted by Gasteiger charge is 2.33. The molecule has 4 unspecified atom stereocenters. The number of benzene rings is 10. The Morgan fingerprint density at radius 2 is 0.860 bits per heavy atom. The minimum atomic E-state index is -3.61. The lowest BCUT2D eigenvalue weighted by atomic mass is 9.82. The maximum atomic E-state index is 13.0. The molecule has 12 aromatic rings. The SMILES string of the molecule is CC(C)(C)C(NC(=O)C1=CCc2ccccc21)c1ccc(C(=O)NO)cc1.CC(NS(=O)(=O)c1ccccc1)c1ccc(C(=O)NO)cc1.CCc1cc(C(=O)NC(c2ccc(C(=O)NO)cc2)C(C)(C)C)n(C)n1.C[C@@H](CC(=O)c1cc2ccccc2o1)c1ccc(C(=O)NO)cc1.C[C@@H](NC(=O)NC(C)(C)C)c1cccc(C(=O)NO)c1.Cc1cccc(CNC(=O)NC(C)c2ccc(C(=O)NO)cc2)c1. The number of allylic oxidation sites excluding steroid dienone is 1. The number of fused-ring (bicyclic) bond motifs is 2. The van der Waals surface area contributed by atoms with E-state index in [1.54, 1.807) is 210 Å². The Labute approximate surface area is 830 Å². The number of furan rings is 1. The fourth-order valence-corrected chi connectivity index (χ4v) is 16.1. The number of carbonyl (C=O) groups excluding carboxylic acids is 11. The van der Waals surface area contributed by atoms with Gasteiger partial charge in [-0.05, 0) is 231 Å². The van der Waals surface area contributed by atoms with Gasteiger partial charge in [0.2, 0.25) is 10.0 Å². The van der Waals surface area contributed by atoms with Crippen LogP contribution in [0.15, 0.2) is 276 Å². The smallest absolute Gasteiger partial charge is 0.315 e. The number of nitrogens with one attached hydrogen (secondary N) is 13. The Bertz CT molecular complexity index is 6500. The molecule has 0 saturated heterocycles. The fourth-order valence-electron chi connectivity index (χ4n) is 14.8. The van der Waals surface area contributed by atoms with Gasteiger partial charge in [-0.3, -0.25) is 79.1 Å². The lowest BCUT2D eigenvalue weighted by molar-refractivity contribution is -0.117. The lowest BCUT2D eigenvalue weighted by Crippen LogP contribution is -2.47. The van der Waals surface area contributed by atoms with Crippen LogP contribution in [-0.2, 0) is 41.3 Å². The van der Waals surface area contributed by atoms with Crippen LogP contribution in [0.5, 0.6) is 0 Å². The first-order chi connectivity index (χ1) is 67.7. The zero-order valence-corrected chi connectivity index (χ0v) is 83.2. The number of amides is 12. The van der Waals surface area contributed by atoms with Crippen LogP contribution in [-0.4, -0.2) is 120 Å². The summed E-state index contributed by atoms with van der Waals surface area (Å²) in [5.74, 6) is -3.49. The predicted molar refractivity (Wildman–Crippen MR) is 538 cm³/mol. The van der Waals surface area contributed by atoms with Crippen LogP contribution in [0.25, 0.3) is 16.5 Å². The highest BCUT2D eigenvalue weighted by Crippen LogP contribution is 2.37. The van der Waals surface area contributed by atoms with E-state index in [-0.39, 0.29) is 86.6 Å². The zero-order chi connectivity index (χ0) is 105. The molecule has 6 atom stereocenters. The monoisotopic (exact) mass is 1970 g/mol. The van der Waals surface area contributed by atoms with Crippen LogP contribution in [0.3, 0.4) is 0 Å². The molecule has 0 fully saturated rings. The van der Waals surface area contributed by atoms with Crippen molar-refractivity contribution in [1.29, 1.82) is 0 Å². The summed E-state index contributed by atoms with van der Waals surface area (Å²) in [6.45, 7) is 29.7. The van der Waals surface area contributed by atoms with E-state index >= 15 is 0 Å². The first-order valence-electron chi connectivity index (χ1n) is 45.7. The molecule has 0 spiro atoms. The normalized spacial score (nSPS) is 12.6. The number of Topliss-reactive ketones (excluding diaryl/α,β-unsaturated/α-hetero) is 1. The van der Waals surface area contributed by atoms with Gasteiger partial charge in [0, 0.05) is 75.9 Å². The van der Waals surface area contributed by atoms with Gasteiger partial charge >= 0.3 is 12.1 Å². The number of aryl methyl sites for hydroxylation is 3. The number of hydrogen-bond acceptors (Lipinski definition) is 21. The van der Waals surface area contributed by atoms with Gasteiger partial charge in [-0.25, -0.2) is 55.6 Å². The molecule has 143 heavy (non-hydrogen) atoms. The molecule has 19 N–H and O–H groups in total. The molecular formula is C107H125N15O20S. The molecule has 12 amide bonds. The number of hydroxylamine groups is 6. The van der Waals surface area contributed by atoms with Crippen LogP contribution in [0.4, 0.5) is 9.59 Å². The number of aromatic nitrogens is 2. The Morgan fingerprint density at radius 3 is 1.33 bits per heavy atom. The molecule has 2 aromatic heterocycles. The second-order valence-electron chi connectivity index (χ2n) is 36.8. The van der Waals surface area contributed by atoms with E-state index < -0.39 is 51.5 Å². The number of ketones is 1. The Hall–Kier alpha value is -15.7. The van der Waals surface area contributed by atoms with Crippen molar-refractivity contribution in [1.82, 2.24) is 79.3 Å². The van der Waals surface area contributed by atoms with Gasteiger partial charge < -0.3 is 36.3 Å². The standard InChI is InChI=1S/C22H24N2O3.C19H26N4O3.C19H17NO4.C18H21N3O3.C15H16N2O4S.C14H21N3O3/c1-22(2,3)19(15-8-10-16(11-9-15)20(25)24-27)23-21(26)18-13-12-14-6-4-5-7-17(14)18;1-6-14-11-15(23(5)21-14)18(25)20-16(19(2,3)4)12-7-9-13(10-8-12)17(24)22-26;1-12(13-6-8-14(9-7-13)19(22)20-23)10-16(21)18-11-15-4-2-3-5-17(15)24-18;1-12-4-3-5-14(10-12)11-19-18(23)20-13(2)15-6-8-16(9-7-15)17(22)21-24;1-11(12-7-9-13(10-8-12)15(18)16-19)17-22(20,21)14-5-3-2-4-6-14;1-9(15-13(19)16-14(2,3)4)10-6-5-7-11(8-10)12(18)17-20/h4-11,13,19,27H,12H2,1-3H3,(H,23,26)(H,24,25);7-11,16,26H,6H2,1-5H3,(H,20,25)(H,22,24);2-9,11-12,23H,10H2,1H3,(H,20,22);3-10,13,24H,11H2,1-2H3,(H,21,22)(H2,19,20,23);2-11,17,19H,1H3,(H,16,18);5-9,20H,1-4H3,(H,17,18)(H2,15,16,19)/t;;12-;;;9-/m..0..1/s1. The van der Waals surface area contributed by atoms with Gasteiger partial charge in [-0.2, -0.15) is 5.10 Å². The largest absolute Gasteiger partial charge is 0.453 e. The number of sulfonamides is 1. The van der Waals surface area contributed by atoms with Crippen molar-refractivity contribution < 1.29 is 96.8 Å². The van der Waals surface area contributed by atoms with Crippen LogP contribution < -0.4 is 69.5 Å². The number of para-hydroxylation sites is 1. The van der Waals surface area contributed by atoms with Gasteiger partial charge in [0.15, 0.2) is 11.5 Å². The van der Waals surface area contributed by atoms with Crippen molar-refractivity contribution in [3.05, 3.63) is 373 Å². The topological polar surface area (TPSA) is 531 Å². The molecule has 754 valence electrons. The summed E-state index contributed by atoms with van der Waals surface area (Å²) in [5, 5.41) is 74.6. The average Bonchev–Trinajstić information content (AvgIpc) is 1.72. The van der Waals surface area contributed by atoms with E-state index in [0.717, 1.165) is 74.0 Å². The minimum absolute atomic E-state index is 0.0167. The van der Waals surface area contributed by atoms with E-state index in [0.29, 0.717) is 69.0 Å². The molecule has 13 rings (SSSR count). The molecule has 0 bridgehead atoms. The van der Waals surface area contributed by atoms with E-state index in [9.17, 15) is 61.2 Å². The lowest BCUT2D eigenvalue weighted by Gasteiger charge is -2.32. The van der Waals surface area contributed by atoms with Crippen LogP contribution in [0, 0.1) is 17.8 Å².